The summed E-state index contributed by atoms with van der Waals surface area (Å²) in [6.07, 6.45) is 0. The Morgan fingerprint density at radius 3 is 2.13 bits per heavy atom. The van der Waals surface area contributed by atoms with Crippen molar-refractivity contribution in [1.29, 1.82) is 0 Å². The van der Waals surface area contributed by atoms with Gasteiger partial charge in [-0.3, -0.25) is 4.79 Å². The molecule has 1 nitrogen and oxygen atoms in total. The lowest BCUT2D eigenvalue weighted by Gasteiger charge is -2.19. The summed E-state index contributed by atoms with van der Waals surface area (Å²) in [7, 11) is 2.12. The number of halogens is 2. The maximum atomic E-state index is 13.0. The van der Waals surface area contributed by atoms with Gasteiger partial charge in [0, 0.05) is 12.5 Å². The summed E-state index contributed by atoms with van der Waals surface area (Å²) in [5, 5.41) is 0. The second-order valence-electron chi connectivity index (χ2n) is 3.61. The molecule has 0 aliphatic carbocycles. The van der Waals surface area contributed by atoms with Crippen LogP contribution < -0.4 is 0 Å². The largest absolute Gasteiger partial charge is 0.295 e. The fraction of sp³-hybridized carbons (Fsp3) is 0.364. The first-order chi connectivity index (χ1) is 6.82. The van der Waals surface area contributed by atoms with Gasteiger partial charge in [-0.2, -0.15) is 0 Å². The number of hydrogen-bond acceptors (Lipinski definition) is 1. The Hall–Kier alpha value is -0.820. The molecule has 0 saturated carbocycles. The van der Waals surface area contributed by atoms with Crippen molar-refractivity contribution in [3.05, 3.63) is 35.4 Å². The van der Waals surface area contributed by atoms with Crippen molar-refractivity contribution in [2.45, 2.75) is 25.4 Å². The molecule has 4 heteroatoms. The standard InChI is InChI=1S/C11H13F2OP/c1-7(14)8-3-5-9(6-4-8)10(15)11(2,12)13/h3-6,10H,15H2,1-2H3. The van der Waals surface area contributed by atoms with E-state index >= 15 is 0 Å². The van der Waals surface area contributed by atoms with E-state index in [2.05, 4.69) is 9.24 Å². The van der Waals surface area contributed by atoms with Crippen LogP contribution in [-0.4, -0.2) is 11.7 Å². The van der Waals surface area contributed by atoms with Crippen LogP contribution in [0.3, 0.4) is 0 Å². The molecular formula is C11H13F2OP. The van der Waals surface area contributed by atoms with Gasteiger partial charge >= 0.3 is 0 Å². The van der Waals surface area contributed by atoms with Gasteiger partial charge in [0.2, 0.25) is 0 Å². The minimum atomic E-state index is -2.78. The molecular weight excluding hydrogens is 217 g/mol. The molecule has 0 spiro atoms. The van der Waals surface area contributed by atoms with Gasteiger partial charge in [-0.15, -0.1) is 9.24 Å². The van der Waals surface area contributed by atoms with Gasteiger partial charge in [0.1, 0.15) is 0 Å². The van der Waals surface area contributed by atoms with Crippen LogP contribution in [0.5, 0.6) is 0 Å². The van der Waals surface area contributed by atoms with E-state index in [-0.39, 0.29) is 5.78 Å². The van der Waals surface area contributed by atoms with Crippen LogP contribution in [0, 0.1) is 0 Å². The molecule has 15 heavy (non-hydrogen) atoms. The second-order valence-corrected chi connectivity index (χ2v) is 4.28. The molecule has 0 N–H and O–H groups in total. The van der Waals surface area contributed by atoms with Crippen molar-refractivity contribution in [3.8, 4) is 0 Å². The van der Waals surface area contributed by atoms with Gasteiger partial charge in [-0.25, -0.2) is 8.78 Å². The van der Waals surface area contributed by atoms with Gasteiger partial charge in [0.15, 0.2) is 5.78 Å². The predicted octanol–water partition coefficient (Wildman–Crippen LogP) is 3.46. The lowest BCUT2D eigenvalue weighted by Crippen LogP contribution is -2.16. The van der Waals surface area contributed by atoms with Crippen molar-refractivity contribution >= 4 is 15.0 Å². The van der Waals surface area contributed by atoms with E-state index in [4.69, 9.17) is 0 Å². The second kappa shape index (κ2) is 4.36. The van der Waals surface area contributed by atoms with Gasteiger partial charge in [0.05, 0.1) is 5.66 Å². The van der Waals surface area contributed by atoms with E-state index in [0.29, 0.717) is 11.1 Å². The van der Waals surface area contributed by atoms with Crippen molar-refractivity contribution in [2.75, 3.05) is 0 Å². The lowest BCUT2D eigenvalue weighted by molar-refractivity contribution is 0.0189. The molecule has 0 heterocycles. The molecule has 1 aromatic rings. The van der Waals surface area contributed by atoms with E-state index in [1.807, 2.05) is 0 Å². The number of Topliss-reactive ketones (excluding diaryl/α,β-unsaturated/α-hetero) is 1. The van der Waals surface area contributed by atoms with E-state index in [9.17, 15) is 13.6 Å². The van der Waals surface area contributed by atoms with E-state index in [1.165, 1.54) is 6.92 Å². The number of alkyl halides is 2. The highest BCUT2D eigenvalue weighted by Gasteiger charge is 2.31. The van der Waals surface area contributed by atoms with E-state index in [1.54, 1.807) is 24.3 Å². The van der Waals surface area contributed by atoms with Gasteiger partial charge < -0.3 is 0 Å². The Kier molecular flexibility index (Phi) is 3.56. The Balaban J connectivity index is 2.94. The summed E-state index contributed by atoms with van der Waals surface area (Å²) in [5.41, 5.74) is 0.131. The SMILES string of the molecule is CC(=O)c1ccc(C(P)C(C)(F)F)cc1. The Labute approximate surface area is 90.1 Å². The summed E-state index contributed by atoms with van der Waals surface area (Å²) in [5.74, 6) is -2.84. The third kappa shape index (κ3) is 3.07. The first kappa shape index (κ1) is 12.3. The predicted molar refractivity (Wildman–Crippen MR) is 59.5 cm³/mol. The van der Waals surface area contributed by atoms with Crippen LogP contribution in [0.2, 0.25) is 0 Å². The van der Waals surface area contributed by atoms with Crippen molar-refractivity contribution in [2.24, 2.45) is 0 Å². The zero-order valence-corrected chi connectivity index (χ0v) is 9.78. The molecule has 1 rings (SSSR count). The van der Waals surface area contributed by atoms with E-state index < -0.39 is 11.6 Å². The fourth-order valence-corrected chi connectivity index (χ4v) is 1.44. The molecule has 2 unspecified atom stereocenters. The zero-order valence-electron chi connectivity index (χ0n) is 8.63. The van der Waals surface area contributed by atoms with Crippen molar-refractivity contribution in [1.82, 2.24) is 0 Å². The summed E-state index contributed by atoms with van der Waals surface area (Å²) in [6, 6.07) is 6.26. The Bertz CT molecular complexity index is 354. The zero-order chi connectivity index (χ0) is 11.6. The molecule has 0 fully saturated rings. The quantitative estimate of drug-likeness (QED) is 0.574. The molecule has 82 valence electrons. The van der Waals surface area contributed by atoms with Crippen molar-refractivity contribution < 1.29 is 13.6 Å². The average Bonchev–Trinajstić information content (AvgIpc) is 2.15. The summed E-state index contributed by atoms with van der Waals surface area (Å²) in [4.78, 5) is 11.0. The Morgan fingerprint density at radius 2 is 1.80 bits per heavy atom. The molecule has 0 radical (unpaired) electrons. The summed E-state index contributed by atoms with van der Waals surface area (Å²) < 4.78 is 25.9. The molecule has 0 saturated heterocycles. The number of carbonyl (C=O) groups excluding carboxylic acids is 1. The van der Waals surface area contributed by atoms with Crippen molar-refractivity contribution in [3.63, 3.8) is 0 Å². The minimum Gasteiger partial charge on any atom is -0.295 e. The average molecular weight is 230 g/mol. The maximum absolute atomic E-state index is 13.0. The van der Waals surface area contributed by atoms with Crippen LogP contribution >= 0.6 is 9.24 Å². The lowest BCUT2D eigenvalue weighted by atomic mass is 10.0. The number of benzene rings is 1. The topological polar surface area (TPSA) is 17.1 Å². The molecule has 2 atom stereocenters. The minimum absolute atomic E-state index is 0.0647. The van der Waals surface area contributed by atoms with Gasteiger partial charge in [0.25, 0.3) is 5.92 Å². The molecule has 0 aliphatic heterocycles. The van der Waals surface area contributed by atoms with Crippen LogP contribution in [0.25, 0.3) is 0 Å². The third-order valence-electron chi connectivity index (χ3n) is 2.22. The summed E-state index contributed by atoms with van der Waals surface area (Å²) >= 11 is 0. The van der Waals surface area contributed by atoms with Crippen LogP contribution in [0.1, 0.15) is 35.4 Å². The van der Waals surface area contributed by atoms with Crippen LogP contribution in [0.15, 0.2) is 24.3 Å². The highest BCUT2D eigenvalue weighted by atomic mass is 31.0. The highest BCUT2D eigenvalue weighted by Crippen LogP contribution is 2.38. The smallest absolute Gasteiger partial charge is 0.255 e. The fourth-order valence-electron chi connectivity index (χ4n) is 1.22. The first-order valence-electron chi connectivity index (χ1n) is 4.56. The monoisotopic (exact) mass is 230 g/mol. The number of ketones is 1. The first-order valence-corrected chi connectivity index (χ1v) is 5.23. The maximum Gasteiger partial charge on any atom is 0.255 e. The van der Waals surface area contributed by atoms with E-state index in [0.717, 1.165) is 6.92 Å². The van der Waals surface area contributed by atoms with Crippen LogP contribution in [0.4, 0.5) is 8.78 Å². The Morgan fingerprint density at radius 1 is 1.33 bits per heavy atom. The van der Waals surface area contributed by atoms with Gasteiger partial charge in [-0.1, -0.05) is 24.3 Å². The van der Waals surface area contributed by atoms with Crippen LogP contribution in [-0.2, 0) is 0 Å². The molecule has 0 aromatic heterocycles. The molecule has 1 aromatic carbocycles. The normalized spacial score (nSPS) is 13.7. The molecule has 0 amide bonds. The number of rotatable bonds is 3. The third-order valence-corrected chi connectivity index (χ3v) is 3.19. The molecule has 0 aliphatic rings. The summed E-state index contributed by atoms with van der Waals surface area (Å²) in [6.45, 7) is 2.32. The molecule has 0 bridgehead atoms. The number of hydrogen-bond donors (Lipinski definition) is 0. The number of carbonyl (C=O) groups is 1. The van der Waals surface area contributed by atoms with Gasteiger partial charge in [-0.05, 0) is 12.5 Å². The highest BCUT2D eigenvalue weighted by molar-refractivity contribution is 7.17.